The maximum atomic E-state index is 11.8. The van der Waals surface area contributed by atoms with Crippen LogP contribution in [0.3, 0.4) is 0 Å². The average Bonchev–Trinajstić information content (AvgIpc) is 2.91. The molecule has 4 atom stereocenters. The largest absolute Gasteiger partial charge is 0.394 e. The minimum absolute atomic E-state index is 0.281. The molecule has 10 heteroatoms. The Bertz CT molecular complexity index is 908. The van der Waals surface area contributed by atoms with Crippen LogP contribution < -0.4 is 11.3 Å². The minimum Gasteiger partial charge on any atom is -0.394 e. The second-order valence-corrected chi connectivity index (χ2v) is 3.92. The predicted octanol–water partition coefficient (Wildman–Crippen LogP) is -2.69. The molecule has 0 bridgehead atoms. The van der Waals surface area contributed by atoms with Crippen LogP contribution in [0.1, 0.15) is 13.1 Å². The summed E-state index contributed by atoms with van der Waals surface area (Å²) in [5, 5.41) is 29.9. The van der Waals surface area contributed by atoms with E-state index in [2.05, 4.69) is 15.0 Å². The first kappa shape index (κ1) is 8.32. The maximum Gasteiger partial charge on any atom is 0.280 e. The van der Waals surface area contributed by atoms with E-state index in [0.717, 1.165) is 10.9 Å². The molecule has 2 aromatic rings. The Morgan fingerprint density at radius 1 is 1.60 bits per heavy atom. The van der Waals surface area contributed by atoms with Crippen LogP contribution in [0.5, 0.6) is 0 Å². The molecule has 1 saturated heterocycles. The van der Waals surface area contributed by atoms with Crippen LogP contribution in [0, 0.1) is 0 Å². The SMILES string of the molecule is [2H]C([2H])(O)[C@@]1([2H])O[C@@H](n2cnc3c(=O)[nH]c(N)nc32)[C@]([2H])(O)[C@]1([2H])O. The fraction of sp³-hybridized carbons (Fsp3) is 0.500. The molecule has 0 amide bonds. The lowest BCUT2D eigenvalue weighted by Gasteiger charge is -2.16. The molecule has 0 aromatic carbocycles. The summed E-state index contributed by atoms with van der Waals surface area (Å²) < 4.78 is 43.4. The number of imidazole rings is 1. The van der Waals surface area contributed by atoms with Gasteiger partial charge >= 0.3 is 0 Å². The smallest absolute Gasteiger partial charge is 0.280 e. The number of aromatic amines is 1. The van der Waals surface area contributed by atoms with Crippen molar-refractivity contribution in [3.63, 3.8) is 0 Å². The van der Waals surface area contributed by atoms with Crippen molar-refractivity contribution in [2.75, 3.05) is 12.3 Å². The fourth-order valence-corrected chi connectivity index (χ4v) is 1.84. The van der Waals surface area contributed by atoms with E-state index in [1.807, 2.05) is 0 Å². The number of nitrogens with two attached hydrogens (primary N) is 1. The number of rotatable bonds is 2. The van der Waals surface area contributed by atoms with E-state index in [9.17, 15) is 20.1 Å². The van der Waals surface area contributed by atoms with Crippen LogP contribution in [0.2, 0.25) is 0 Å². The third-order valence-corrected chi connectivity index (χ3v) is 2.73. The molecule has 108 valence electrons. The Morgan fingerprint density at radius 2 is 2.35 bits per heavy atom. The van der Waals surface area contributed by atoms with Crippen LogP contribution in [0.4, 0.5) is 5.95 Å². The zero-order valence-corrected chi connectivity index (χ0v) is 9.73. The highest BCUT2D eigenvalue weighted by atomic mass is 16.6. The highest BCUT2D eigenvalue weighted by Gasteiger charge is 2.44. The second-order valence-electron chi connectivity index (χ2n) is 3.92. The first-order chi connectivity index (χ1) is 11.2. The molecule has 1 fully saturated rings. The van der Waals surface area contributed by atoms with Crippen LogP contribution >= 0.6 is 0 Å². The number of hydrogen-bond acceptors (Lipinski definition) is 8. The summed E-state index contributed by atoms with van der Waals surface area (Å²) >= 11 is 0. The van der Waals surface area contributed by atoms with Crippen molar-refractivity contribution in [3.05, 3.63) is 16.7 Å². The number of H-pyrrole nitrogens is 1. The van der Waals surface area contributed by atoms with E-state index in [0.29, 0.717) is 0 Å². The molecule has 1 aliphatic rings. The summed E-state index contributed by atoms with van der Waals surface area (Å²) in [5.41, 5.74) is 4.06. The quantitative estimate of drug-likeness (QED) is 0.399. The van der Waals surface area contributed by atoms with E-state index in [4.69, 9.17) is 17.3 Å². The summed E-state index contributed by atoms with van der Waals surface area (Å²) in [5.74, 6) is -0.346. The van der Waals surface area contributed by atoms with Crippen molar-refractivity contribution in [1.82, 2.24) is 19.5 Å². The van der Waals surface area contributed by atoms with Crippen LogP contribution in [0.25, 0.3) is 11.2 Å². The van der Waals surface area contributed by atoms with Gasteiger partial charge in [0, 0.05) is 0 Å². The van der Waals surface area contributed by atoms with Crippen LogP contribution in [-0.4, -0.2) is 59.6 Å². The molecule has 0 radical (unpaired) electrons. The van der Waals surface area contributed by atoms with E-state index in [-0.39, 0.29) is 17.1 Å². The Balaban J connectivity index is 2.24. The first-order valence-electron chi connectivity index (χ1n) is 7.81. The zero-order chi connectivity index (χ0) is 19.0. The van der Waals surface area contributed by atoms with E-state index in [1.165, 1.54) is 0 Å². The van der Waals surface area contributed by atoms with Crippen molar-refractivity contribution >= 4 is 17.1 Å². The van der Waals surface area contributed by atoms with E-state index >= 15 is 0 Å². The molecule has 10 nitrogen and oxygen atoms in total. The molecule has 0 saturated carbocycles. The molecule has 0 aliphatic carbocycles. The van der Waals surface area contributed by atoms with Gasteiger partial charge < -0.3 is 25.8 Å². The van der Waals surface area contributed by atoms with Gasteiger partial charge in [-0.2, -0.15) is 4.98 Å². The average molecular weight is 288 g/mol. The molecule has 1 aliphatic heterocycles. The topological polar surface area (TPSA) is 160 Å². The molecule has 2 aromatic heterocycles. The number of hydrogen-bond donors (Lipinski definition) is 5. The molecule has 20 heavy (non-hydrogen) atoms. The molecule has 3 rings (SSSR count). The molecule has 0 spiro atoms. The van der Waals surface area contributed by atoms with Gasteiger partial charge in [-0.1, -0.05) is 0 Å². The standard InChI is InChI=1S/C10H13N5O5/c11-10-13-7-4(8(19)14-10)12-2-15(7)9-6(18)5(17)3(1-16)20-9/h2-3,5-6,9,16-18H,1H2,(H3,11,13,14,19)/t3-,5-,6-,9-/m1/s1/i1D2,3D,5D,6D. The molecular formula is C10H13N5O5. The summed E-state index contributed by atoms with van der Waals surface area (Å²) in [6, 6.07) is 0. The Hall–Kier alpha value is -2.01. The van der Waals surface area contributed by atoms with Gasteiger partial charge in [-0.15, -0.1) is 0 Å². The van der Waals surface area contributed by atoms with Crippen molar-refractivity contribution in [2.45, 2.75) is 24.5 Å². The number of aliphatic hydroxyl groups is 3. The Labute approximate surface area is 118 Å². The van der Waals surface area contributed by atoms with Gasteiger partial charge in [0.25, 0.3) is 5.56 Å². The third kappa shape index (κ3) is 1.78. The third-order valence-electron chi connectivity index (χ3n) is 2.73. The molecular weight excluding hydrogens is 270 g/mol. The molecule has 6 N–H and O–H groups in total. The van der Waals surface area contributed by atoms with Crippen molar-refractivity contribution < 1.29 is 26.9 Å². The van der Waals surface area contributed by atoms with Crippen molar-refractivity contribution in [3.8, 4) is 0 Å². The monoisotopic (exact) mass is 288 g/mol. The second kappa shape index (κ2) is 4.52. The van der Waals surface area contributed by atoms with Gasteiger partial charge in [-0.3, -0.25) is 14.3 Å². The van der Waals surface area contributed by atoms with E-state index < -0.39 is 36.6 Å². The number of aromatic nitrogens is 4. The maximum absolute atomic E-state index is 11.8. The lowest BCUT2D eigenvalue weighted by Crippen LogP contribution is -2.33. The van der Waals surface area contributed by atoms with Gasteiger partial charge in [0.1, 0.15) is 18.2 Å². The lowest BCUT2D eigenvalue weighted by atomic mass is 10.1. The van der Waals surface area contributed by atoms with Gasteiger partial charge in [-0.25, -0.2) is 4.98 Å². The highest BCUT2D eigenvalue weighted by Crippen LogP contribution is 2.30. The number of nitrogen functional groups attached to an aromatic ring is 1. The number of anilines is 1. The van der Waals surface area contributed by atoms with Crippen LogP contribution in [0.15, 0.2) is 11.1 Å². The van der Waals surface area contributed by atoms with E-state index in [1.54, 1.807) is 0 Å². The number of fused-ring (bicyclic) bond motifs is 1. The minimum atomic E-state index is -3.63. The first-order valence-corrected chi connectivity index (χ1v) is 5.31. The van der Waals surface area contributed by atoms with Gasteiger partial charge in [0.05, 0.1) is 19.7 Å². The van der Waals surface area contributed by atoms with Crippen LogP contribution in [-0.2, 0) is 4.74 Å². The Morgan fingerprint density at radius 3 is 3.00 bits per heavy atom. The zero-order valence-electron chi connectivity index (χ0n) is 14.7. The van der Waals surface area contributed by atoms with Gasteiger partial charge in [-0.05, 0) is 0 Å². The predicted molar refractivity (Wildman–Crippen MR) is 65.6 cm³/mol. The fourth-order valence-electron chi connectivity index (χ4n) is 1.84. The lowest BCUT2D eigenvalue weighted by molar-refractivity contribution is -0.0511. The van der Waals surface area contributed by atoms with Gasteiger partial charge in [0.2, 0.25) is 5.95 Å². The summed E-state index contributed by atoms with van der Waals surface area (Å²) in [6.07, 6.45) is -11.7. The summed E-state index contributed by atoms with van der Waals surface area (Å²) in [7, 11) is 0. The van der Waals surface area contributed by atoms with Crippen molar-refractivity contribution in [1.29, 1.82) is 0 Å². The van der Waals surface area contributed by atoms with Gasteiger partial charge in [0.15, 0.2) is 17.4 Å². The Kier molecular flexibility index (Phi) is 1.88. The molecule has 3 heterocycles. The summed E-state index contributed by atoms with van der Waals surface area (Å²) in [6.45, 7) is -3.63. The number of nitrogens with zero attached hydrogens (tertiary/aromatic N) is 3. The normalized spacial score (nSPS) is 45.5. The number of nitrogens with one attached hydrogen (secondary N) is 1. The highest BCUT2D eigenvalue weighted by molar-refractivity contribution is 5.70. The number of ether oxygens (including phenoxy) is 1. The van der Waals surface area contributed by atoms with Crippen molar-refractivity contribution in [2.24, 2.45) is 0 Å². The molecule has 0 unspecified atom stereocenters. The summed E-state index contributed by atoms with van der Waals surface area (Å²) in [4.78, 5) is 21.4.